The van der Waals surface area contributed by atoms with Gasteiger partial charge in [-0.3, -0.25) is 19.3 Å². The zero-order chi connectivity index (χ0) is 24.5. The molecule has 2 atom stereocenters. The largest absolute Gasteiger partial charge is 0.300 e. The Morgan fingerprint density at radius 3 is 1.62 bits per heavy atom. The molecule has 2 heterocycles. The highest BCUT2D eigenvalue weighted by Gasteiger charge is 2.58. The zero-order valence-corrected chi connectivity index (χ0v) is 20.4. The maximum absolute atomic E-state index is 13.6. The van der Waals surface area contributed by atoms with E-state index in [4.69, 9.17) is 58.0 Å². The van der Waals surface area contributed by atoms with Crippen LogP contribution in [0.25, 0.3) is 0 Å². The van der Waals surface area contributed by atoms with Crippen LogP contribution in [0.15, 0.2) is 48.5 Å². The number of hydrogen-bond donors (Lipinski definition) is 0. The van der Waals surface area contributed by atoms with Crippen LogP contribution in [-0.4, -0.2) is 28.7 Å². The summed E-state index contributed by atoms with van der Waals surface area (Å²) >= 11 is 30.6. The number of hydrogen-bond acceptors (Lipinski definition) is 3. The first-order valence-corrected chi connectivity index (χ1v) is 11.6. The van der Waals surface area contributed by atoms with E-state index in [0.29, 0.717) is 16.3 Å². The molecule has 3 amide bonds. The molecule has 2 aliphatic heterocycles. The second kappa shape index (κ2) is 8.40. The second-order valence-corrected chi connectivity index (χ2v) is 9.56. The summed E-state index contributed by atoms with van der Waals surface area (Å²) in [5.74, 6) is -2.67. The topological polar surface area (TPSA) is 57.7 Å². The van der Waals surface area contributed by atoms with Crippen LogP contribution < -0.4 is 4.90 Å². The predicted octanol–water partition coefficient (Wildman–Crippen LogP) is 6.85. The van der Waals surface area contributed by atoms with E-state index in [-0.39, 0.29) is 31.2 Å². The minimum Gasteiger partial charge on any atom is -0.300 e. The lowest BCUT2D eigenvalue weighted by atomic mass is 9.86. The number of rotatable bonds is 3. The van der Waals surface area contributed by atoms with Crippen molar-refractivity contribution < 1.29 is 18.8 Å². The van der Waals surface area contributed by atoms with Crippen LogP contribution in [0.4, 0.5) is 10.1 Å². The van der Waals surface area contributed by atoms with E-state index in [1.54, 1.807) is 24.3 Å². The summed E-state index contributed by atoms with van der Waals surface area (Å²) in [5, 5.41) is -0.344. The monoisotopic (exact) mass is 556 g/mol. The van der Waals surface area contributed by atoms with Crippen molar-refractivity contribution in [1.82, 2.24) is 4.90 Å². The van der Waals surface area contributed by atoms with E-state index in [1.807, 2.05) is 0 Å². The standard InChI is InChI=1S/C23H10Cl5FN2O3/c24-10-3-7-12(8-4-10)30-19(9-1-5-11(29)6-2-9)20(23(30)34)31-21(32)13-14(22(31)33)16(26)18(28)17(27)15(13)25/h1-8,19-20H/t19-,20-/m0/s1. The Morgan fingerprint density at radius 2 is 1.12 bits per heavy atom. The number of carbonyl (C=O) groups is 3. The number of β-lactam (4-membered cyclic amide) rings is 1. The number of fused-ring (bicyclic) bond motifs is 1. The van der Waals surface area contributed by atoms with Crippen molar-refractivity contribution in [3.05, 3.63) is 96.2 Å². The van der Waals surface area contributed by atoms with Gasteiger partial charge in [0.05, 0.1) is 37.3 Å². The highest BCUT2D eigenvalue weighted by molar-refractivity contribution is 6.55. The molecule has 0 bridgehead atoms. The van der Waals surface area contributed by atoms with Crippen molar-refractivity contribution in [2.45, 2.75) is 12.1 Å². The van der Waals surface area contributed by atoms with Gasteiger partial charge in [0.15, 0.2) is 0 Å². The molecule has 34 heavy (non-hydrogen) atoms. The van der Waals surface area contributed by atoms with Gasteiger partial charge in [-0.05, 0) is 42.0 Å². The fraction of sp³-hybridized carbons (Fsp3) is 0.0870. The molecule has 5 nitrogen and oxygen atoms in total. The molecule has 0 unspecified atom stereocenters. The predicted molar refractivity (Wildman–Crippen MR) is 129 cm³/mol. The second-order valence-electron chi connectivity index (χ2n) is 7.61. The molecule has 0 radical (unpaired) electrons. The summed E-state index contributed by atoms with van der Waals surface area (Å²) < 4.78 is 13.6. The van der Waals surface area contributed by atoms with Gasteiger partial charge >= 0.3 is 0 Å². The lowest BCUT2D eigenvalue weighted by molar-refractivity contribution is -0.130. The van der Waals surface area contributed by atoms with Gasteiger partial charge in [0.1, 0.15) is 11.9 Å². The number of carbonyl (C=O) groups excluding carboxylic acids is 3. The Hall–Kier alpha value is -2.35. The molecular weight excluding hydrogens is 549 g/mol. The van der Waals surface area contributed by atoms with Gasteiger partial charge in [-0.25, -0.2) is 4.39 Å². The van der Waals surface area contributed by atoms with Crippen molar-refractivity contribution in [3.63, 3.8) is 0 Å². The van der Waals surface area contributed by atoms with Crippen LogP contribution in [0.2, 0.25) is 25.1 Å². The van der Waals surface area contributed by atoms with E-state index < -0.39 is 35.6 Å². The summed E-state index contributed by atoms with van der Waals surface area (Å²) in [7, 11) is 0. The first-order chi connectivity index (χ1) is 16.1. The van der Waals surface area contributed by atoms with Gasteiger partial charge in [-0.15, -0.1) is 0 Å². The van der Waals surface area contributed by atoms with Crippen LogP contribution in [0, 0.1) is 5.82 Å². The third-order valence-electron chi connectivity index (χ3n) is 5.79. The Labute approximate surface area is 217 Å². The van der Waals surface area contributed by atoms with E-state index in [2.05, 4.69) is 0 Å². The third kappa shape index (κ3) is 3.32. The first kappa shape index (κ1) is 23.4. The molecule has 5 rings (SSSR count). The summed E-state index contributed by atoms with van der Waals surface area (Å²) in [4.78, 5) is 42.3. The number of anilines is 1. The van der Waals surface area contributed by atoms with Gasteiger partial charge in [0, 0.05) is 10.7 Å². The highest BCUT2D eigenvalue weighted by atomic mass is 35.5. The number of nitrogens with zero attached hydrogens (tertiary/aromatic N) is 2. The minimum absolute atomic E-state index is 0.173. The molecule has 0 N–H and O–H groups in total. The molecule has 1 fully saturated rings. The van der Waals surface area contributed by atoms with Gasteiger partial charge in [-0.2, -0.15) is 0 Å². The van der Waals surface area contributed by atoms with Crippen molar-refractivity contribution >= 4 is 81.4 Å². The smallest absolute Gasteiger partial charge is 0.264 e. The molecule has 2 aliphatic rings. The molecule has 0 aliphatic carbocycles. The van der Waals surface area contributed by atoms with Gasteiger partial charge < -0.3 is 4.90 Å². The summed E-state index contributed by atoms with van der Waals surface area (Å²) in [6.45, 7) is 0. The molecule has 0 aromatic heterocycles. The Bertz CT molecular complexity index is 1350. The molecule has 1 saturated heterocycles. The normalized spacial score (nSPS) is 19.5. The maximum atomic E-state index is 13.6. The minimum atomic E-state index is -1.24. The summed E-state index contributed by atoms with van der Waals surface area (Å²) in [6, 6.07) is 9.83. The number of imide groups is 1. The number of benzene rings is 3. The molecule has 172 valence electrons. The van der Waals surface area contributed by atoms with Gasteiger partial charge in [0.25, 0.3) is 17.7 Å². The molecule has 0 saturated carbocycles. The van der Waals surface area contributed by atoms with Crippen molar-refractivity contribution in [2.24, 2.45) is 0 Å². The Kier molecular flexibility index (Phi) is 5.78. The van der Waals surface area contributed by atoms with Crippen molar-refractivity contribution in [1.29, 1.82) is 0 Å². The SMILES string of the molecule is O=C1c2c(Cl)c(Cl)c(Cl)c(Cl)c2C(=O)N1[C@@H]1C(=O)N(c2ccc(Cl)cc2)[C@H]1c1ccc(F)cc1. The summed E-state index contributed by atoms with van der Waals surface area (Å²) in [5.41, 5.74) is 0.549. The van der Waals surface area contributed by atoms with E-state index in [9.17, 15) is 18.8 Å². The van der Waals surface area contributed by atoms with Crippen molar-refractivity contribution in [2.75, 3.05) is 4.90 Å². The molecule has 0 spiro atoms. The zero-order valence-electron chi connectivity index (χ0n) is 16.7. The number of amides is 3. The average Bonchev–Trinajstić information content (AvgIpc) is 3.07. The Balaban J connectivity index is 1.63. The quantitative estimate of drug-likeness (QED) is 0.153. The fourth-order valence-corrected chi connectivity index (χ4v) is 5.37. The van der Waals surface area contributed by atoms with Gasteiger partial charge in [0.2, 0.25) is 0 Å². The van der Waals surface area contributed by atoms with E-state index in [0.717, 1.165) is 4.90 Å². The lowest BCUT2D eigenvalue weighted by Crippen LogP contribution is -2.67. The average molecular weight is 559 g/mol. The highest BCUT2D eigenvalue weighted by Crippen LogP contribution is 2.49. The first-order valence-electron chi connectivity index (χ1n) is 9.71. The molecule has 3 aromatic rings. The van der Waals surface area contributed by atoms with E-state index >= 15 is 0 Å². The lowest BCUT2D eigenvalue weighted by Gasteiger charge is -2.49. The van der Waals surface area contributed by atoms with Crippen LogP contribution in [0.1, 0.15) is 32.3 Å². The summed E-state index contributed by atoms with van der Waals surface area (Å²) in [6.07, 6.45) is 0. The van der Waals surface area contributed by atoms with Crippen LogP contribution in [0.3, 0.4) is 0 Å². The van der Waals surface area contributed by atoms with Crippen molar-refractivity contribution in [3.8, 4) is 0 Å². The molecular formula is C23H10Cl5FN2O3. The molecule has 11 heteroatoms. The molecule has 3 aromatic carbocycles. The van der Waals surface area contributed by atoms with Crippen LogP contribution in [-0.2, 0) is 4.79 Å². The number of halogens is 6. The van der Waals surface area contributed by atoms with Gasteiger partial charge in [-0.1, -0.05) is 70.1 Å². The third-order valence-corrected chi connectivity index (χ3v) is 7.85. The Morgan fingerprint density at radius 1 is 0.618 bits per heavy atom. The maximum Gasteiger partial charge on any atom is 0.264 e. The van der Waals surface area contributed by atoms with Crippen LogP contribution in [0.5, 0.6) is 0 Å². The van der Waals surface area contributed by atoms with Crippen LogP contribution >= 0.6 is 58.0 Å². The van der Waals surface area contributed by atoms with E-state index in [1.165, 1.54) is 29.2 Å². The fourth-order valence-electron chi connectivity index (χ4n) is 4.23.